The van der Waals surface area contributed by atoms with Gasteiger partial charge in [0.05, 0.1) is 5.56 Å². The summed E-state index contributed by atoms with van der Waals surface area (Å²) in [7, 11) is 0. The van der Waals surface area contributed by atoms with E-state index in [9.17, 15) is 14.4 Å². The summed E-state index contributed by atoms with van der Waals surface area (Å²) in [6.45, 7) is -0.541. The highest BCUT2D eigenvalue weighted by Crippen LogP contribution is 2.22. The normalized spacial score (nSPS) is 13.6. The molecule has 146 valence electrons. The SMILES string of the molecule is O=C(COC(=O)c1cccc(Oc2ccccc2)c1)NC(=O)NC1CCCC1. The number of carbonyl (C=O) groups is 3. The Morgan fingerprint density at radius 3 is 2.39 bits per heavy atom. The average Bonchev–Trinajstić information content (AvgIpc) is 3.20. The van der Waals surface area contributed by atoms with Crippen LogP contribution in [0.15, 0.2) is 54.6 Å². The van der Waals surface area contributed by atoms with Crippen LogP contribution in [0.2, 0.25) is 0 Å². The van der Waals surface area contributed by atoms with Crippen molar-refractivity contribution in [1.29, 1.82) is 0 Å². The Hall–Kier alpha value is -3.35. The Morgan fingerprint density at radius 1 is 0.929 bits per heavy atom. The Balaban J connectivity index is 1.47. The van der Waals surface area contributed by atoms with E-state index in [1.165, 1.54) is 6.07 Å². The maximum atomic E-state index is 12.2. The Morgan fingerprint density at radius 2 is 1.64 bits per heavy atom. The van der Waals surface area contributed by atoms with Gasteiger partial charge in [0.25, 0.3) is 5.91 Å². The molecule has 2 N–H and O–H groups in total. The van der Waals surface area contributed by atoms with Gasteiger partial charge in [-0.15, -0.1) is 0 Å². The predicted molar refractivity (Wildman–Crippen MR) is 102 cm³/mol. The largest absolute Gasteiger partial charge is 0.457 e. The second-order valence-electron chi connectivity index (χ2n) is 6.52. The minimum absolute atomic E-state index is 0.0997. The number of benzene rings is 2. The molecule has 2 aromatic carbocycles. The molecule has 7 nitrogen and oxygen atoms in total. The van der Waals surface area contributed by atoms with Crippen LogP contribution in [0.3, 0.4) is 0 Å². The molecule has 0 radical (unpaired) electrons. The van der Waals surface area contributed by atoms with Crippen molar-refractivity contribution in [1.82, 2.24) is 10.6 Å². The van der Waals surface area contributed by atoms with E-state index >= 15 is 0 Å². The molecule has 0 aromatic heterocycles. The fraction of sp³-hybridized carbons (Fsp3) is 0.286. The molecule has 1 fully saturated rings. The minimum atomic E-state index is -0.680. The van der Waals surface area contributed by atoms with Gasteiger partial charge in [-0.2, -0.15) is 0 Å². The van der Waals surface area contributed by atoms with Crippen molar-refractivity contribution in [3.63, 3.8) is 0 Å². The van der Waals surface area contributed by atoms with Gasteiger partial charge in [0, 0.05) is 6.04 Å². The van der Waals surface area contributed by atoms with Gasteiger partial charge in [0.15, 0.2) is 6.61 Å². The third-order valence-electron chi connectivity index (χ3n) is 4.33. The maximum Gasteiger partial charge on any atom is 0.338 e. The highest BCUT2D eigenvalue weighted by Gasteiger charge is 2.19. The van der Waals surface area contributed by atoms with E-state index < -0.39 is 24.5 Å². The van der Waals surface area contributed by atoms with Gasteiger partial charge in [-0.3, -0.25) is 10.1 Å². The van der Waals surface area contributed by atoms with Crippen LogP contribution in [0.4, 0.5) is 4.79 Å². The highest BCUT2D eigenvalue weighted by atomic mass is 16.5. The molecule has 0 aliphatic heterocycles. The van der Waals surface area contributed by atoms with E-state index in [0.29, 0.717) is 11.5 Å². The molecule has 0 atom stereocenters. The van der Waals surface area contributed by atoms with E-state index in [0.717, 1.165) is 25.7 Å². The first kappa shape index (κ1) is 19.4. The van der Waals surface area contributed by atoms with E-state index in [2.05, 4.69) is 10.6 Å². The Bertz CT molecular complexity index is 832. The smallest absolute Gasteiger partial charge is 0.338 e. The maximum absolute atomic E-state index is 12.2. The molecule has 0 heterocycles. The number of para-hydroxylation sites is 1. The fourth-order valence-corrected chi connectivity index (χ4v) is 2.98. The first-order valence-electron chi connectivity index (χ1n) is 9.20. The number of hydrogen-bond acceptors (Lipinski definition) is 5. The highest BCUT2D eigenvalue weighted by molar-refractivity contribution is 5.97. The third-order valence-corrected chi connectivity index (χ3v) is 4.33. The van der Waals surface area contributed by atoms with Gasteiger partial charge in [0.1, 0.15) is 11.5 Å². The quantitative estimate of drug-likeness (QED) is 0.747. The standard InChI is InChI=1S/C21H22N2O5/c24-19(23-21(26)22-16-8-4-5-9-16)14-27-20(25)15-7-6-12-18(13-15)28-17-10-2-1-3-11-17/h1-3,6-7,10-13,16H,4-5,8-9,14H2,(H2,22,23,24,26). The van der Waals surface area contributed by atoms with Crippen LogP contribution in [-0.4, -0.2) is 30.6 Å². The second-order valence-corrected chi connectivity index (χ2v) is 6.52. The van der Waals surface area contributed by atoms with Crippen molar-refractivity contribution >= 4 is 17.9 Å². The number of urea groups is 1. The molecule has 2 aromatic rings. The summed E-state index contributed by atoms with van der Waals surface area (Å²) in [6.07, 6.45) is 3.98. The number of carbonyl (C=O) groups excluding carboxylic acids is 3. The number of esters is 1. The monoisotopic (exact) mass is 382 g/mol. The van der Waals surface area contributed by atoms with Crippen molar-refractivity contribution < 1.29 is 23.9 Å². The van der Waals surface area contributed by atoms with Gasteiger partial charge in [-0.05, 0) is 43.2 Å². The summed E-state index contributed by atoms with van der Waals surface area (Å²) in [5.74, 6) is -0.243. The zero-order valence-electron chi connectivity index (χ0n) is 15.4. The molecule has 3 amide bonds. The van der Waals surface area contributed by atoms with Crippen LogP contribution < -0.4 is 15.4 Å². The summed E-state index contributed by atoms with van der Waals surface area (Å²) >= 11 is 0. The first-order valence-corrected chi connectivity index (χ1v) is 9.20. The molecule has 0 bridgehead atoms. The van der Waals surface area contributed by atoms with Crippen molar-refractivity contribution in [3.05, 3.63) is 60.2 Å². The van der Waals surface area contributed by atoms with Gasteiger partial charge in [-0.1, -0.05) is 37.1 Å². The van der Waals surface area contributed by atoms with Gasteiger partial charge < -0.3 is 14.8 Å². The molecule has 0 unspecified atom stereocenters. The number of amides is 3. The van der Waals surface area contributed by atoms with Crippen LogP contribution in [0.1, 0.15) is 36.0 Å². The van der Waals surface area contributed by atoms with E-state index in [-0.39, 0.29) is 11.6 Å². The summed E-state index contributed by atoms with van der Waals surface area (Å²) in [4.78, 5) is 35.7. The summed E-state index contributed by atoms with van der Waals surface area (Å²) in [5.41, 5.74) is 0.247. The van der Waals surface area contributed by atoms with E-state index in [4.69, 9.17) is 9.47 Å². The molecule has 28 heavy (non-hydrogen) atoms. The lowest BCUT2D eigenvalue weighted by Gasteiger charge is -2.12. The molecule has 1 aliphatic carbocycles. The van der Waals surface area contributed by atoms with Crippen molar-refractivity contribution in [2.45, 2.75) is 31.7 Å². The third kappa shape index (κ3) is 5.84. The van der Waals surface area contributed by atoms with Gasteiger partial charge in [0.2, 0.25) is 0 Å². The number of hydrogen-bond donors (Lipinski definition) is 2. The lowest BCUT2D eigenvalue weighted by molar-refractivity contribution is -0.123. The fourth-order valence-electron chi connectivity index (χ4n) is 2.98. The number of rotatable bonds is 6. The Kier molecular flexibility index (Phi) is 6.62. The topological polar surface area (TPSA) is 93.7 Å². The second kappa shape index (κ2) is 9.55. The van der Waals surface area contributed by atoms with E-state index in [1.54, 1.807) is 30.3 Å². The molecular weight excluding hydrogens is 360 g/mol. The summed E-state index contributed by atoms with van der Waals surface area (Å²) in [6, 6.07) is 15.1. The van der Waals surface area contributed by atoms with Crippen LogP contribution in [0.5, 0.6) is 11.5 Å². The molecule has 7 heteroatoms. The van der Waals surface area contributed by atoms with Gasteiger partial charge in [-0.25, -0.2) is 9.59 Å². The zero-order valence-corrected chi connectivity index (χ0v) is 15.4. The molecule has 3 rings (SSSR count). The number of imide groups is 1. The lowest BCUT2D eigenvalue weighted by Crippen LogP contribution is -2.44. The summed E-state index contributed by atoms with van der Waals surface area (Å²) in [5, 5.41) is 4.90. The number of nitrogens with one attached hydrogen (secondary N) is 2. The van der Waals surface area contributed by atoms with E-state index in [1.807, 2.05) is 18.2 Å². The van der Waals surface area contributed by atoms with Crippen molar-refractivity contribution in [3.8, 4) is 11.5 Å². The zero-order chi connectivity index (χ0) is 19.8. The van der Waals surface area contributed by atoms with Crippen LogP contribution in [0.25, 0.3) is 0 Å². The number of ether oxygens (including phenoxy) is 2. The lowest BCUT2D eigenvalue weighted by atomic mass is 10.2. The van der Waals surface area contributed by atoms with Crippen LogP contribution in [0, 0.1) is 0 Å². The summed E-state index contributed by atoms with van der Waals surface area (Å²) < 4.78 is 10.7. The molecule has 1 aliphatic rings. The first-order chi connectivity index (χ1) is 13.6. The molecule has 0 saturated heterocycles. The average molecular weight is 382 g/mol. The predicted octanol–water partition coefficient (Wildman–Crippen LogP) is 3.40. The van der Waals surface area contributed by atoms with Gasteiger partial charge >= 0.3 is 12.0 Å². The minimum Gasteiger partial charge on any atom is -0.457 e. The van der Waals surface area contributed by atoms with Crippen LogP contribution in [-0.2, 0) is 9.53 Å². The van der Waals surface area contributed by atoms with Crippen molar-refractivity contribution in [2.75, 3.05) is 6.61 Å². The molecule has 0 spiro atoms. The molecule has 1 saturated carbocycles. The Labute approximate surface area is 163 Å². The molecular formula is C21H22N2O5. The van der Waals surface area contributed by atoms with Crippen LogP contribution >= 0.6 is 0 Å². The van der Waals surface area contributed by atoms with Crippen molar-refractivity contribution in [2.24, 2.45) is 0 Å².